The monoisotopic (exact) mass is 334 g/mol. The van der Waals surface area contributed by atoms with Crippen LogP contribution in [0.25, 0.3) is 0 Å². The third-order valence-corrected chi connectivity index (χ3v) is 3.40. The Morgan fingerprint density at radius 3 is 2.45 bits per heavy atom. The molecule has 2 aromatic rings. The van der Waals surface area contributed by atoms with Crippen LogP contribution < -0.4 is 0 Å². The summed E-state index contributed by atoms with van der Waals surface area (Å²) in [5, 5.41) is 8.82. The quantitative estimate of drug-likeness (QED) is 0.912. The highest BCUT2D eigenvalue weighted by molar-refractivity contribution is 9.10. The van der Waals surface area contributed by atoms with Gasteiger partial charge in [-0.05, 0) is 36.9 Å². The van der Waals surface area contributed by atoms with Crippen LogP contribution in [0.15, 0.2) is 47.1 Å². The van der Waals surface area contributed by atoms with E-state index in [1.807, 2.05) is 19.2 Å². The Hall–Kier alpha value is -1.72. The summed E-state index contributed by atoms with van der Waals surface area (Å²) in [6.07, 6.45) is 1.39. The second-order valence-corrected chi connectivity index (χ2v) is 5.56. The average molecular weight is 335 g/mol. The summed E-state index contributed by atoms with van der Waals surface area (Å²) < 4.78 is 1.06. The van der Waals surface area contributed by atoms with E-state index < -0.39 is 5.97 Å². The maximum atomic E-state index is 10.7. The van der Waals surface area contributed by atoms with Gasteiger partial charge in [-0.25, -0.2) is 4.79 Å². The first kappa shape index (κ1) is 14.7. The number of carbonyl (C=O) groups is 1. The molecule has 5 heteroatoms. The van der Waals surface area contributed by atoms with Gasteiger partial charge in [0.2, 0.25) is 0 Å². The van der Waals surface area contributed by atoms with Crippen LogP contribution in [0, 0.1) is 0 Å². The largest absolute Gasteiger partial charge is 0.478 e. The van der Waals surface area contributed by atoms with Crippen molar-refractivity contribution >= 4 is 21.9 Å². The van der Waals surface area contributed by atoms with Crippen LogP contribution >= 0.6 is 15.9 Å². The smallest absolute Gasteiger partial charge is 0.337 e. The second kappa shape index (κ2) is 6.63. The van der Waals surface area contributed by atoms with E-state index >= 15 is 0 Å². The molecule has 2 rings (SSSR count). The summed E-state index contributed by atoms with van der Waals surface area (Å²) in [5.74, 6) is -0.952. The molecule has 0 radical (unpaired) electrons. The zero-order chi connectivity index (χ0) is 14.5. The van der Waals surface area contributed by atoms with Gasteiger partial charge < -0.3 is 5.11 Å². The number of benzene rings is 1. The van der Waals surface area contributed by atoms with Crippen molar-refractivity contribution in [1.82, 2.24) is 9.88 Å². The van der Waals surface area contributed by atoms with Gasteiger partial charge in [-0.2, -0.15) is 0 Å². The van der Waals surface area contributed by atoms with Gasteiger partial charge in [0, 0.05) is 23.8 Å². The number of carboxylic acid groups (broad SMARTS) is 1. The van der Waals surface area contributed by atoms with Crippen molar-refractivity contribution in [3.8, 4) is 0 Å². The lowest BCUT2D eigenvalue weighted by Crippen LogP contribution is -2.18. The molecule has 0 spiro atoms. The minimum atomic E-state index is -0.952. The van der Waals surface area contributed by atoms with Gasteiger partial charge in [-0.1, -0.05) is 28.1 Å². The van der Waals surface area contributed by atoms with Crippen molar-refractivity contribution in [3.63, 3.8) is 0 Å². The van der Waals surface area contributed by atoms with Crippen LogP contribution in [0.5, 0.6) is 0 Å². The first-order chi connectivity index (χ1) is 9.54. The number of nitrogens with zero attached hydrogens (tertiary/aromatic N) is 2. The van der Waals surface area contributed by atoms with E-state index in [9.17, 15) is 4.79 Å². The normalized spacial score (nSPS) is 10.8. The number of rotatable bonds is 5. The molecule has 0 amide bonds. The molecule has 104 valence electrons. The van der Waals surface area contributed by atoms with Crippen molar-refractivity contribution in [1.29, 1.82) is 0 Å². The van der Waals surface area contributed by atoms with Crippen LogP contribution in [0.2, 0.25) is 0 Å². The van der Waals surface area contributed by atoms with Crippen molar-refractivity contribution < 1.29 is 9.90 Å². The van der Waals surface area contributed by atoms with Crippen LogP contribution in [0.3, 0.4) is 0 Å². The fourth-order valence-corrected chi connectivity index (χ4v) is 2.14. The minimum absolute atomic E-state index is 0.212. The van der Waals surface area contributed by atoms with Crippen molar-refractivity contribution in [2.75, 3.05) is 7.05 Å². The van der Waals surface area contributed by atoms with Crippen LogP contribution in [-0.2, 0) is 13.1 Å². The van der Waals surface area contributed by atoms with Gasteiger partial charge in [-0.3, -0.25) is 9.88 Å². The Kier molecular flexibility index (Phi) is 4.87. The van der Waals surface area contributed by atoms with Crippen molar-refractivity contribution in [3.05, 3.63) is 63.9 Å². The van der Waals surface area contributed by atoms with Crippen LogP contribution in [-0.4, -0.2) is 28.0 Å². The zero-order valence-electron chi connectivity index (χ0n) is 11.1. The third kappa shape index (κ3) is 4.15. The zero-order valence-corrected chi connectivity index (χ0v) is 12.7. The third-order valence-electron chi connectivity index (χ3n) is 2.87. The molecule has 0 aliphatic heterocycles. The lowest BCUT2D eigenvalue weighted by Gasteiger charge is -2.16. The molecule has 1 aromatic carbocycles. The fraction of sp³-hybridized carbons (Fsp3) is 0.200. The molecule has 1 heterocycles. The molecule has 20 heavy (non-hydrogen) atoms. The molecular formula is C15H15BrN2O2. The highest BCUT2D eigenvalue weighted by Gasteiger charge is 2.06. The predicted octanol–water partition coefficient (Wildman–Crippen LogP) is 3.17. The molecule has 0 unspecified atom stereocenters. The molecule has 0 bridgehead atoms. The fourth-order valence-electron chi connectivity index (χ4n) is 1.88. The topological polar surface area (TPSA) is 53.4 Å². The van der Waals surface area contributed by atoms with E-state index in [2.05, 4.69) is 37.9 Å². The summed E-state index contributed by atoms with van der Waals surface area (Å²) in [5.41, 5.74) is 2.29. The van der Waals surface area contributed by atoms with Crippen LogP contribution in [0.4, 0.5) is 0 Å². The minimum Gasteiger partial charge on any atom is -0.478 e. The SMILES string of the molecule is CN(Cc1ccc(Br)cc1)Cc1ccc(C(=O)O)cn1. The van der Waals surface area contributed by atoms with Crippen molar-refractivity contribution in [2.45, 2.75) is 13.1 Å². The van der Waals surface area contributed by atoms with Gasteiger partial charge in [0.15, 0.2) is 0 Å². The first-order valence-corrected chi connectivity index (χ1v) is 6.95. The highest BCUT2D eigenvalue weighted by Crippen LogP contribution is 2.12. The van der Waals surface area contributed by atoms with E-state index in [1.165, 1.54) is 11.8 Å². The molecule has 1 N–H and O–H groups in total. The van der Waals surface area contributed by atoms with Gasteiger partial charge in [0.1, 0.15) is 0 Å². The average Bonchev–Trinajstić information content (AvgIpc) is 2.42. The Morgan fingerprint density at radius 1 is 1.20 bits per heavy atom. The number of pyridine rings is 1. The summed E-state index contributed by atoms with van der Waals surface area (Å²) in [7, 11) is 2.01. The van der Waals surface area contributed by atoms with Gasteiger partial charge in [0.25, 0.3) is 0 Å². The number of hydrogen-bond donors (Lipinski definition) is 1. The highest BCUT2D eigenvalue weighted by atomic mass is 79.9. The Labute approximate surface area is 126 Å². The van der Waals surface area contributed by atoms with Gasteiger partial charge in [0.05, 0.1) is 11.3 Å². The number of halogens is 1. The standard InChI is InChI=1S/C15H15BrN2O2/c1-18(9-11-2-5-13(16)6-3-11)10-14-7-4-12(8-17-14)15(19)20/h2-8H,9-10H2,1H3,(H,19,20). The Balaban J connectivity index is 1.95. The molecule has 0 atom stereocenters. The van der Waals surface area contributed by atoms with E-state index in [0.29, 0.717) is 6.54 Å². The lowest BCUT2D eigenvalue weighted by molar-refractivity contribution is 0.0696. The van der Waals surface area contributed by atoms with Crippen LogP contribution in [0.1, 0.15) is 21.6 Å². The summed E-state index contributed by atoms with van der Waals surface area (Å²) in [6, 6.07) is 11.5. The van der Waals surface area contributed by atoms with E-state index in [-0.39, 0.29) is 5.56 Å². The Morgan fingerprint density at radius 2 is 1.90 bits per heavy atom. The molecule has 1 aromatic heterocycles. The maximum absolute atomic E-state index is 10.7. The lowest BCUT2D eigenvalue weighted by atomic mass is 10.2. The van der Waals surface area contributed by atoms with Gasteiger partial charge >= 0.3 is 5.97 Å². The van der Waals surface area contributed by atoms with E-state index in [4.69, 9.17) is 5.11 Å². The van der Waals surface area contributed by atoms with Crippen molar-refractivity contribution in [2.24, 2.45) is 0 Å². The molecule has 0 aliphatic rings. The molecule has 4 nitrogen and oxygen atoms in total. The second-order valence-electron chi connectivity index (χ2n) is 4.64. The molecule has 0 fully saturated rings. The van der Waals surface area contributed by atoms with E-state index in [0.717, 1.165) is 16.7 Å². The molecule has 0 saturated carbocycles. The summed E-state index contributed by atoms with van der Waals surface area (Å²) in [6.45, 7) is 1.49. The van der Waals surface area contributed by atoms with Gasteiger partial charge in [-0.15, -0.1) is 0 Å². The number of carboxylic acids is 1. The number of aromatic nitrogens is 1. The molecule has 0 saturated heterocycles. The number of aromatic carboxylic acids is 1. The molecular weight excluding hydrogens is 320 g/mol. The maximum Gasteiger partial charge on any atom is 0.337 e. The van der Waals surface area contributed by atoms with E-state index in [1.54, 1.807) is 12.1 Å². The summed E-state index contributed by atoms with van der Waals surface area (Å²) >= 11 is 3.41. The summed E-state index contributed by atoms with van der Waals surface area (Å²) in [4.78, 5) is 17.0. The predicted molar refractivity (Wildman–Crippen MR) is 80.5 cm³/mol. The Bertz CT molecular complexity index is 582. The molecule has 0 aliphatic carbocycles. The number of hydrogen-bond acceptors (Lipinski definition) is 3. The first-order valence-electron chi connectivity index (χ1n) is 6.16.